The van der Waals surface area contributed by atoms with Gasteiger partial charge in [-0.05, 0) is 38.5 Å². The molecule has 0 bridgehead atoms. The predicted molar refractivity (Wildman–Crippen MR) is 189 cm³/mol. The third-order valence-electron chi connectivity index (χ3n) is 9.03. The molecule has 0 spiro atoms. The lowest BCUT2D eigenvalue weighted by Gasteiger charge is -2.22. The number of amides is 1. The number of carbonyl (C=O) groups excluding carboxylic acids is 1. The minimum absolute atomic E-state index is 0.0335. The molecule has 0 rings (SSSR count). The van der Waals surface area contributed by atoms with Crippen molar-refractivity contribution in [3.63, 3.8) is 0 Å². The highest BCUT2D eigenvalue weighted by Crippen LogP contribution is 2.15. The van der Waals surface area contributed by atoms with Crippen LogP contribution in [-0.2, 0) is 4.79 Å². The van der Waals surface area contributed by atoms with Crippen LogP contribution in [0, 0.1) is 0 Å². The molecule has 0 aromatic rings. The number of nitrogens with one attached hydrogen (secondary N) is 1. The number of carbonyl (C=O) groups is 1. The second kappa shape index (κ2) is 35.6. The summed E-state index contributed by atoms with van der Waals surface area (Å²) in [6, 6.07) is -0.531. The van der Waals surface area contributed by atoms with Gasteiger partial charge in [-0.25, -0.2) is 0 Å². The SMILES string of the molecule is CCCCCCCC/C=C/CCCCCCCCCCCC(=O)N[C@@H](CO)[C@H](O)CCCCCCCCCCCCCC. The van der Waals surface area contributed by atoms with Gasteiger partial charge in [-0.3, -0.25) is 4.79 Å². The zero-order valence-electron chi connectivity index (χ0n) is 29.2. The first-order valence-electron chi connectivity index (χ1n) is 19.4. The van der Waals surface area contributed by atoms with E-state index in [1.165, 1.54) is 161 Å². The van der Waals surface area contributed by atoms with Crippen molar-refractivity contribution in [1.82, 2.24) is 5.32 Å². The first-order valence-corrected chi connectivity index (χ1v) is 19.4. The molecular formula is C39H77NO3. The zero-order chi connectivity index (χ0) is 31.5. The van der Waals surface area contributed by atoms with Crippen LogP contribution in [0.1, 0.15) is 213 Å². The van der Waals surface area contributed by atoms with Crippen LogP contribution >= 0.6 is 0 Å². The summed E-state index contributed by atoms with van der Waals surface area (Å²) in [5, 5.41) is 23.0. The van der Waals surface area contributed by atoms with Gasteiger partial charge in [-0.1, -0.05) is 180 Å². The molecule has 256 valence electrons. The first kappa shape index (κ1) is 42.1. The van der Waals surface area contributed by atoms with Gasteiger partial charge in [0, 0.05) is 6.42 Å². The van der Waals surface area contributed by atoms with E-state index in [0.717, 1.165) is 25.7 Å². The van der Waals surface area contributed by atoms with Crippen LogP contribution in [0.25, 0.3) is 0 Å². The van der Waals surface area contributed by atoms with E-state index in [1.807, 2.05) is 0 Å². The van der Waals surface area contributed by atoms with E-state index in [2.05, 4.69) is 31.3 Å². The number of aliphatic hydroxyl groups is 2. The maximum absolute atomic E-state index is 12.3. The molecule has 0 aliphatic carbocycles. The van der Waals surface area contributed by atoms with Gasteiger partial charge < -0.3 is 15.5 Å². The van der Waals surface area contributed by atoms with Gasteiger partial charge in [0.05, 0.1) is 18.8 Å². The number of unbranched alkanes of at least 4 members (excludes halogenated alkanes) is 26. The fourth-order valence-corrected chi connectivity index (χ4v) is 6.00. The highest BCUT2D eigenvalue weighted by Gasteiger charge is 2.19. The minimum atomic E-state index is -0.654. The number of rotatable bonds is 35. The first-order chi connectivity index (χ1) is 21.2. The van der Waals surface area contributed by atoms with Crippen molar-refractivity contribution in [2.75, 3.05) is 6.61 Å². The van der Waals surface area contributed by atoms with Crippen molar-refractivity contribution in [3.05, 3.63) is 12.2 Å². The summed E-state index contributed by atoms with van der Waals surface area (Å²) in [4.78, 5) is 12.3. The van der Waals surface area contributed by atoms with Crippen molar-refractivity contribution in [3.8, 4) is 0 Å². The van der Waals surface area contributed by atoms with Gasteiger partial charge in [0.1, 0.15) is 0 Å². The summed E-state index contributed by atoms with van der Waals surface area (Å²) in [5.74, 6) is -0.0335. The van der Waals surface area contributed by atoms with Crippen molar-refractivity contribution in [2.45, 2.75) is 225 Å². The molecule has 0 aromatic carbocycles. The summed E-state index contributed by atoms with van der Waals surface area (Å²) >= 11 is 0. The fraction of sp³-hybridized carbons (Fsp3) is 0.923. The molecule has 0 aromatic heterocycles. The molecule has 0 aliphatic heterocycles. The molecule has 0 fully saturated rings. The Morgan fingerprint density at radius 1 is 0.535 bits per heavy atom. The van der Waals surface area contributed by atoms with E-state index in [-0.39, 0.29) is 12.5 Å². The van der Waals surface area contributed by atoms with Gasteiger partial charge in [0.2, 0.25) is 5.91 Å². The van der Waals surface area contributed by atoms with Gasteiger partial charge in [0.15, 0.2) is 0 Å². The quantitative estimate of drug-likeness (QED) is 0.0496. The summed E-state index contributed by atoms with van der Waals surface area (Å²) in [7, 11) is 0. The third-order valence-corrected chi connectivity index (χ3v) is 9.03. The highest BCUT2D eigenvalue weighted by molar-refractivity contribution is 5.76. The standard InChI is InChI=1S/C39H77NO3/c1-3-5-7-9-11-13-15-17-18-19-20-21-22-23-25-27-29-31-33-35-39(43)40-37(36-41)38(42)34-32-30-28-26-24-16-14-12-10-8-6-4-2/h17-18,37-38,41-42H,3-16,19-36H2,1-2H3,(H,40,43)/b18-17+/t37-,38+/m0/s1. The Kier molecular flexibility index (Phi) is 34.9. The number of hydrogen-bond acceptors (Lipinski definition) is 3. The van der Waals surface area contributed by atoms with Crippen LogP contribution in [-0.4, -0.2) is 34.9 Å². The summed E-state index contributed by atoms with van der Waals surface area (Å²) < 4.78 is 0. The number of allylic oxidation sites excluding steroid dienone is 2. The lowest BCUT2D eigenvalue weighted by molar-refractivity contribution is -0.123. The van der Waals surface area contributed by atoms with Gasteiger partial charge >= 0.3 is 0 Å². The largest absolute Gasteiger partial charge is 0.394 e. The molecule has 4 nitrogen and oxygen atoms in total. The summed E-state index contributed by atoms with van der Waals surface area (Å²) in [6.07, 6.45) is 42.7. The van der Waals surface area contributed by atoms with E-state index in [4.69, 9.17) is 0 Å². The third kappa shape index (κ3) is 32.3. The molecular weight excluding hydrogens is 530 g/mol. The molecule has 0 heterocycles. The molecule has 0 unspecified atom stereocenters. The Morgan fingerprint density at radius 2 is 0.884 bits per heavy atom. The summed E-state index contributed by atoms with van der Waals surface area (Å²) in [6.45, 7) is 4.35. The van der Waals surface area contributed by atoms with Crippen LogP contribution in [0.2, 0.25) is 0 Å². The van der Waals surface area contributed by atoms with Gasteiger partial charge in [-0.15, -0.1) is 0 Å². The number of aliphatic hydroxyl groups excluding tert-OH is 2. The van der Waals surface area contributed by atoms with Crippen molar-refractivity contribution in [1.29, 1.82) is 0 Å². The van der Waals surface area contributed by atoms with Crippen molar-refractivity contribution < 1.29 is 15.0 Å². The van der Waals surface area contributed by atoms with E-state index in [0.29, 0.717) is 12.8 Å². The van der Waals surface area contributed by atoms with E-state index >= 15 is 0 Å². The smallest absolute Gasteiger partial charge is 0.220 e. The van der Waals surface area contributed by atoms with E-state index in [1.54, 1.807) is 0 Å². The molecule has 0 saturated carbocycles. The Labute approximate surface area is 269 Å². The molecule has 43 heavy (non-hydrogen) atoms. The van der Waals surface area contributed by atoms with E-state index < -0.39 is 12.1 Å². The van der Waals surface area contributed by atoms with Crippen LogP contribution in [0.4, 0.5) is 0 Å². The normalized spacial score (nSPS) is 13.1. The molecule has 0 aliphatic rings. The lowest BCUT2D eigenvalue weighted by atomic mass is 10.0. The van der Waals surface area contributed by atoms with E-state index in [9.17, 15) is 15.0 Å². The average Bonchev–Trinajstić information content (AvgIpc) is 3.01. The van der Waals surface area contributed by atoms with Crippen LogP contribution < -0.4 is 5.32 Å². The molecule has 3 N–H and O–H groups in total. The lowest BCUT2D eigenvalue weighted by Crippen LogP contribution is -2.45. The van der Waals surface area contributed by atoms with Crippen LogP contribution in [0.15, 0.2) is 12.2 Å². The second-order valence-corrected chi connectivity index (χ2v) is 13.4. The molecule has 1 amide bonds. The van der Waals surface area contributed by atoms with Crippen molar-refractivity contribution in [2.24, 2.45) is 0 Å². The van der Waals surface area contributed by atoms with Gasteiger partial charge in [0.25, 0.3) is 0 Å². The summed E-state index contributed by atoms with van der Waals surface area (Å²) in [5.41, 5.74) is 0. The van der Waals surface area contributed by atoms with Crippen LogP contribution in [0.3, 0.4) is 0 Å². The Morgan fingerprint density at radius 3 is 1.28 bits per heavy atom. The molecule has 0 radical (unpaired) electrons. The topological polar surface area (TPSA) is 69.6 Å². The molecule has 2 atom stereocenters. The average molecular weight is 608 g/mol. The maximum Gasteiger partial charge on any atom is 0.220 e. The monoisotopic (exact) mass is 608 g/mol. The van der Waals surface area contributed by atoms with Gasteiger partial charge in [-0.2, -0.15) is 0 Å². The Balaban J connectivity index is 3.52. The zero-order valence-corrected chi connectivity index (χ0v) is 29.2. The molecule has 4 heteroatoms. The highest BCUT2D eigenvalue weighted by atomic mass is 16.3. The Hall–Kier alpha value is -0.870. The minimum Gasteiger partial charge on any atom is -0.394 e. The fourth-order valence-electron chi connectivity index (χ4n) is 6.00. The maximum atomic E-state index is 12.3. The Bertz CT molecular complexity index is 579. The second-order valence-electron chi connectivity index (χ2n) is 13.4. The van der Waals surface area contributed by atoms with Crippen LogP contribution in [0.5, 0.6) is 0 Å². The predicted octanol–water partition coefficient (Wildman–Crippen LogP) is 11.5. The number of hydrogen-bond donors (Lipinski definition) is 3. The van der Waals surface area contributed by atoms with Crippen molar-refractivity contribution >= 4 is 5.91 Å². The molecule has 0 saturated heterocycles.